The van der Waals surface area contributed by atoms with Gasteiger partial charge in [0.05, 0.1) is 5.71 Å². The van der Waals surface area contributed by atoms with Crippen molar-refractivity contribution in [1.29, 1.82) is 0 Å². The van der Waals surface area contributed by atoms with Crippen molar-refractivity contribution in [2.24, 2.45) is 5.10 Å². The fraction of sp³-hybridized carbons (Fsp3) is 0.222. The third kappa shape index (κ3) is 4.85. The van der Waals surface area contributed by atoms with Crippen LogP contribution in [0.1, 0.15) is 23.6 Å². The van der Waals surface area contributed by atoms with Crippen LogP contribution in [0.3, 0.4) is 0 Å². The largest absolute Gasteiger partial charge is 0.483 e. The van der Waals surface area contributed by atoms with E-state index in [4.69, 9.17) is 10.5 Å². The molecular formula is C18H21N3O2. The molecule has 0 unspecified atom stereocenters. The van der Waals surface area contributed by atoms with E-state index in [0.717, 1.165) is 16.7 Å². The fourth-order valence-electron chi connectivity index (χ4n) is 1.97. The van der Waals surface area contributed by atoms with E-state index >= 15 is 0 Å². The smallest absolute Gasteiger partial charge is 0.277 e. The molecule has 0 bridgehead atoms. The normalized spacial score (nSPS) is 11.2. The summed E-state index contributed by atoms with van der Waals surface area (Å²) in [5, 5.41) is 4.07. The Morgan fingerprint density at radius 1 is 1.17 bits per heavy atom. The Balaban J connectivity index is 1.90. The minimum Gasteiger partial charge on any atom is -0.483 e. The van der Waals surface area contributed by atoms with Gasteiger partial charge in [0.2, 0.25) is 0 Å². The van der Waals surface area contributed by atoms with Gasteiger partial charge < -0.3 is 10.5 Å². The Morgan fingerprint density at radius 2 is 1.87 bits per heavy atom. The number of hydrogen-bond acceptors (Lipinski definition) is 4. The molecule has 0 atom stereocenters. The van der Waals surface area contributed by atoms with Crippen molar-refractivity contribution in [3.63, 3.8) is 0 Å². The molecule has 2 aromatic rings. The van der Waals surface area contributed by atoms with Crippen molar-refractivity contribution in [2.75, 3.05) is 12.3 Å². The zero-order valence-corrected chi connectivity index (χ0v) is 13.6. The molecule has 1 amide bonds. The van der Waals surface area contributed by atoms with Gasteiger partial charge in [-0.2, -0.15) is 5.10 Å². The third-order valence-electron chi connectivity index (χ3n) is 3.38. The van der Waals surface area contributed by atoms with Crippen molar-refractivity contribution in [3.8, 4) is 5.75 Å². The summed E-state index contributed by atoms with van der Waals surface area (Å²) in [6.07, 6.45) is 0. The number of ether oxygens (including phenoxy) is 1. The summed E-state index contributed by atoms with van der Waals surface area (Å²) >= 11 is 0. The second-order valence-electron chi connectivity index (χ2n) is 5.41. The van der Waals surface area contributed by atoms with Gasteiger partial charge in [-0.1, -0.05) is 24.3 Å². The van der Waals surface area contributed by atoms with Gasteiger partial charge in [0, 0.05) is 5.69 Å². The number of benzene rings is 2. The maximum Gasteiger partial charge on any atom is 0.277 e. The van der Waals surface area contributed by atoms with Crippen LogP contribution in [0, 0.1) is 13.8 Å². The van der Waals surface area contributed by atoms with Crippen molar-refractivity contribution in [2.45, 2.75) is 20.8 Å². The van der Waals surface area contributed by atoms with Crippen LogP contribution in [-0.2, 0) is 4.79 Å². The predicted molar refractivity (Wildman–Crippen MR) is 92.6 cm³/mol. The standard InChI is InChI=1S/C18H21N3O2/c1-12-4-5-13(2)17(10-12)23-11-18(22)21-20-14(3)15-6-8-16(19)9-7-15/h4-10H,11,19H2,1-3H3,(H,21,22)/b20-14+. The van der Waals surface area contributed by atoms with Crippen LogP contribution in [0.15, 0.2) is 47.6 Å². The Morgan fingerprint density at radius 3 is 2.57 bits per heavy atom. The number of hydrazone groups is 1. The summed E-state index contributed by atoms with van der Waals surface area (Å²) < 4.78 is 5.54. The first kappa shape index (κ1) is 16.5. The summed E-state index contributed by atoms with van der Waals surface area (Å²) in [6, 6.07) is 13.2. The van der Waals surface area contributed by atoms with E-state index in [9.17, 15) is 4.79 Å². The minimum absolute atomic E-state index is 0.0805. The topological polar surface area (TPSA) is 76.7 Å². The number of hydrogen-bond donors (Lipinski definition) is 2. The number of anilines is 1. The first-order valence-electron chi connectivity index (χ1n) is 7.35. The third-order valence-corrected chi connectivity index (χ3v) is 3.38. The zero-order chi connectivity index (χ0) is 16.8. The average Bonchev–Trinajstić information content (AvgIpc) is 2.54. The average molecular weight is 311 g/mol. The van der Waals surface area contributed by atoms with Crippen LogP contribution in [0.4, 0.5) is 5.69 Å². The van der Waals surface area contributed by atoms with Crippen LogP contribution in [0.5, 0.6) is 5.75 Å². The number of aryl methyl sites for hydroxylation is 2. The van der Waals surface area contributed by atoms with Gasteiger partial charge in [0.25, 0.3) is 5.91 Å². The first-order chi connectivity index (χ1) is 11.0. The van der Waals surface area contributed by atoms with E-state index in [2.05, 4.69) is 10.5 Å². The minimum atomic E-state index is -0.305. The molecule has 0 radical (unpaired) electrons. The monoisotopic (exact) mass is 311 g/mol. The van der Waals surface area contributed by atoms with Crippen molar-refractivity contribution < 1.29 is 9.53 Å². The maximum absolute atomic E-state index is 11.8. The Kier molecular flexibility index (Phi) is 5.36. The van der Waals surface area contributed by atoms with Crippen molar-refractivity contribution in [3.05, 3.63) is 59.2 Å². The van der Waals surface area contributed by atoms with Crippen LogP contribution in [0.2, 0.25) is 0 Å². The van der Waals surface area contributed by atoms with Gasteiger partial charge >= 0.3 is 0 Å². The number of carbonyl (C=O) groups is 1. The SMILES string of the molecule is C/C(=N\NC(=O)COc1cc(C)ccc1C)c1ccc(N)cc1. The van der Waals surface area contributed by atoms with Gasteiger partial charge in [-0.05, 0) is 55.7 Å². The van der Waals surface area contributed by atoms with Crippen LogP contribution in [-0.4, -0.2) is 18.2 Å². The van der Waals surface area contributed by atoms with E-state index in [1.807, 2.05) is 51.1 Å². The van der Waals surface area contributed by atoms with Gasteiger partial charge in [0.1, 0.15) is 5.75 Å². The summed E-state index contributed by atoms with van der Waals surface area (Å²) in [5.41, 5.74) is 12.5. The van der Waals surface area contributed by atoms with E-state index in [1.54, 1.807) is 12.1 Å². The second kappa shape index (κ2) is 7.45. The number of nitrogens with one attached hydrogen (secondary N) is 1. The molecule has 3 N–H and O–H groups in total. The molecule has 5 heteroatoms. The molecule has 0 aromatic heterocycles. The highest BCUT2D eigenvalue weighted by atomic mass is 16.5. The molecule has 0 fully saturated rings. The molecule has 0 aliphatic heterocycles. The molecule has 23 heavy (non-hydrogen) atoms. The van der Waals surface area contributed by atoms with Crippen LogP contribution < -0.4 is 15.9 Å². The van der Waals surface area contributed by atoms with E-state index < -0.39 is 0 Å². The zero-order valence-electron chi connectivity index (χ0n) is 13.6. The predicted octanol–water partition coefficient (Wildman–Crippen LogP) is 2.80. The molecular weight excluding hydrogens is 290 g/mol. The van der Waals surface area contributed by atoms with Crippen LogP contribution in [0.25, 0.3) is 0 Å². The molecule has 2 aromatic carbocycles. The molecule has 120 valence electrons. The number of nitrogens with zero attached hydrogens (tertiary/aromatic N) is 1. The lowest BCUT2D eigenvalue weighted by atomic mass is 10.1. The lowest BCUT2D eigenvalue weighted by Gasteiger charge is -2.09. The van der Waals surface area contributed by atoms with E-state index in [1.165, 1.54) is 0 Å². The molecule has 5 nitrogen and oxygen atoms in total. The number of amides is 1. The Bertz CT molecular complexity index is 722. The Hall–Kier alpha value is -2.82. The number of rotatable bonds is 5. The lowest BCUT2D eigenvalue weighted by molar-refractivity contribution is -0.123. The number of nitrogen functional groups attached to an aromatic ring is 1. The second-order valence-corrected chi connectivity index (χ2v) is 5.41. The van der Waals surface area contributed by atoms with Gasteiger partial charge in [-0.3, -0.25) is 4.79 Å². The van der Waals surface area contributed by atoms with Crippen molar-refractivity contribution >= 4 is 17.3 Å². The quantitative estimate of drug-likeness (QED) is 0.506. The molecule has 0 aliphatic rings. The summed E-state index contributed by atoms with van der Waals surface area (Å²) in [4.78, 5) is 11.8. The highest BCUT2D eigenvalue weighted by molar-refractivity contribution is 5.99. The van der Waals surface area contributed by atoms with E-state index in [-0.39, 0.29) is 12.5 Å². The lowest BCUT2D eigenvalue weighted by Crippen LogP contribution is -2.25. The molecule has 0 heterocycles. The summed E-state index contributed by atoms with van der Waals surface area (Å²) in [7, 11) is 0. The van der Waals surface area contributed by atoms with Gasteiger partial charge in [-0.15, -0.1) is 0 Å². The molecule has 2 rings (SSSR count). The summed E-state index contributed by atoms with van der Waals surface area (Å²) in [6.45, 7) is 5.66. The highest BCUT2D eigenvalue weighted by Gasteiger charge is 2.05. The molecule has 0 saturated heterocycles. The summed E-state index contributed by atoms with van der Waals surface area (Å²) in [5.74, 6) is 0.403. The highest BCUT2D eigenvalue weighted by Crippen LogP contribution is 2.18. The van der Waals surface area contributed by atoms with Crippen LogP contribution >= 0.6 is 0 Å². The molecule has 0 aliphatic carbocycles. The van der Waals surface area contributed by atoms with Gasteiger partial charge in [0.15, 0.2) is 6.61 Å². The molecule has 0 spiro atoms. The Labute approximate surface area is 136 Å². The number of nitrogens with two attached hydrogens (primary N) is 1. The fourth-order valence-corrected chi connectivity index (χ4v) is 1.97. The van der Waals surface area contributed by atoms with Gasteiger partial charge in [-0.25, -0.2) is 5.43 Å². The first-order valence-corrected chi connectivity index (χ1v) is 7.35. The number of carbonyl (C=O) groups excluding carboxylic acids is 1. The maximum atomic E-state index is 11.8. The van der Waals surface area contributed by atoms with E-state index in [0.29, 0.717) is 17.1 Å². The van der Waals surface area contributed by atoms with Crippen molar-refractivity contribution in [1.82, 2.24) is 5.43 Å². The molecule has 0 saturated carbocycles.